The summed E-state index contributed by atoms with van der Waals surface area (Å²) in [6.07, 6.45) is 2.95. The molecule has 8 nitrogen and oxygen atoms in total. The molecule has 1 aliphatic carbocycles. The molecule has 0 bridgehead atoms. The Morgan fingerprint density at radius 3 is 2.51 bits per heavy atom. The van der Waals surface area contributed by atoms with Crippen LogP contribution in [0.2, 0.25) is 0 Å². The van der Waals surface area contributed by atoms with Crippen molar-refractivity contribution in [2.24, 2.45) is 0 Å². The van der Waals surface area contributed by atoms with Crippen molar-refractivity contribution in [1.82, 2.24) is 19.9 Å². The topological polar surface area (TPSA) is 107 Å². The van der Waals surface area contributed by atoms with Gasteiger partial charge in [-0.05, 0) is 48.6 Å². The van der Waals surface area contributed by atoms with Crippen LogP contribution in [0.5, 0.6) is 0 Å². The first-order chi connectivity index (χ1) is 16.9. The molecule has 4 aromatic rings. The van der Waals surface area contributed by atoms with Gasteiger partial charge in [0, 0.05) is 19.5 Å². The summed E-state index contributed by atoms with van der Waals surface area (Å²) in [5.74, 6) is 0.349. The van der Waals surface area contributed by atoms with Crippen LogP contribution in [-0.4, -0.2) is 40.0 Å². The van der Waals surface area contributed by atoms with Gasteiger partial charge in [-0.2, -0.15) is 15.0 Å². The Morgan fingerprint density at radius 2 is 1.74 bits per heavy atom. The molecular weight excluding hydrogens is 440 g/mol. The molecule has 5 rings (SSSR count). The number of hydrogen-bond donors (Lipinski definition) is 1. The van der Waals surface area contributed by atoms with E-state index in [9.17, 15) is 4.79 Å². The van der Waals surface area contributed by atoms with Crippen LogP contribution in [-0.2, 0) is 11.2 Å². The molecule has 0 fully saturated rings. The molecular formula is C27H26N6O2. The summed E-state index contributed by atoms with van der Waals surface area (Å²) in [4.78, 5) is 32.9. The smallest absolute Gasteiger partial charge is 0.339 e. The number of carbonyl (C=O) groups is 1. The Hall–Kier alpha value is -4.33. The Balaban J connectivity index is 1.54. The number of ether oxygens (including phenoxy) is 1. The maximum absolute atomic E-state index is 13.6. The van der Waals surface area contributed by atoms with E-state index in [0.29, 0.717) is 23.8 Å². The zero-order chi connectivity index (χ0) is 24.5. The van der Waals surface area contributed by atoms with Crippen molar-refractivity contribution in [1.29, 1.82) is 0 Å². The number of nitrogens with two attached hydrogens (primary N) is 1. The normalized spacial score (nSPS) is 14.7. The fraction of sp³-hybridized carbons (Fsp3) is 0.222. The SMILES string of the molecule is CC(OC(=O)c1c2c(nc3ccccc13)C(=Cc1ccccc1)CC2)c1nc(N)nc(N(C)C)n1. The number of pyridine rings is 1. The van der Waals surface area contributed by atoms with Crippen LogP contribution in [0, 0.1) is 0 Å². The third-order valence-electron chi connectivity index (χ3n) is 5.99. The number of hydrogen-bond acceptors (Lipinski definition) is 8. The van der Waals surface area contributed by atoms with E-state index in [1.165, 1.54) is 0 Å². The summed E-state index contributed by atoms with van der Waals surface area (Å²) >= 11 is 0. The van der Waals surface area contributed by atoms with E-state index in [-0.39, 0.29) is 5.95 Å². The highest BCUT2D eigenvalue weighted by Crippen LogP contribution is 2.38. The van der Waals surface area contributed by atoms with E-state index in [0.717, 1.165) is 39.7 Å². The molecule has 2 aromatic carbocycles. The lowest BCUT2D eigenvalue weighted by molar-refractivity contribution is 0.0321. The van der Waals surface area contributed by atoms with Crippen LogP contribution in [0.25, 0.3) is 22.6 Å². The highest BCUT2D eigenvalue weighted by Gasteiger charge is 2.29. The second-order valence-corrected chi connectivity index (χ2v) is 8.71. The Kier molecular flexibility index (Phi) is 5.86. The van der Waals surface area contributed by atoms with Crippen molar-refractivity contribution in [3.63, 3.8) is 0 Å². The van der Waals surface area contributed by atoms with Gasteiger partial charge in [-0.25, -0.2) is 9.78 Å². The number of esters is 1. The van der Waals surface area contributed by atoms with Crippen LogP contribution in [0.4, 0.5) is 11.9 Å². The van der Waals surface area contributed by atoms with Crippen LogP contribution in [0.3, 0.4) is 0 Å². The largest absolute Gasteiger partial charge is 0.451 e. The number of allylic oxidation sites excluding steroid dienone is 1. The highest BCUT2D eigenvalue weighted by atomic mass is 16.5. The zero-order valence-corrected chi connectivity index (χ0v) is 19.9. The van der Waals surface area contributed by atoms with Crippen molar-refractivity contribution >= 4 is 40.4 Å². The average Bonchev–Trinajstić information content (AvgIpc) is 3.24. The van der Waals surface area contributed by atoms with Crippen molar-refractivity contribution < 1.29 is 9.53 Å². The molecule has 0 amide bonds. The highest BCUT2D eigenvalue weighted by molar-refractivity contribution is 6.07. The quantitative estimate of drug-likeness (QED) is 0.429. The molecule has 0 saturated carbocycles. The van der Waals surface area contributed by atoms with E-state index in [4.69, 9.17) is 15.5 Å². The summed E-state index contributed by atoms with van der Waals surface area (Å²) < 4.78 is 5.89. The predicted octanol–water partition coefficient (Wildman–Crippen LogP) is 4.47. The fourth-order valence-corrected chi connectivity index (χ4v) is 4.31. The van der Waals surface area contributed by atoms with Gasteiger partial charge in [-0.15, -0.1) is 0 Å². The Labute approximate surface area is 203 Å². The van der Waals surface area contributed by atoms with Crippen molar-refractivity contribution in [3.05, 3.63) is 82.8 Å². The van der Waals surface area contributed by atoms with Gasteiger partial charge in [0.15, 0.2) is 11.9 Å². The Bertz CT molecular complexity index is 1450. The van der Waals surface area contributed by atoms with Gasteiger partial charge in [0.2, 0.25) is 11.9 Å². The van der Waals surface area contributed by atoms with Gasteiger partial charge in [-0.1, -0.05) is 48.5 Å². The number of para-hydroxylation sites is 1. The second kappa shape index (κ2) is 9.13. The lowest BCUT2D eigenvalue weighted by Gasteiger charge is -2.17. The van der Waals surface area contributed by atoms with Gasteiger partial charge >= 0.3 is 5.97 Å². The monoisotopic (exact) mass is 466 g/mol. The summed E-state index contributed by atoms with van der Waals surface area (Å²) in [7, 11) is 3.62. The molecule has 2 heterocycles. The molecule has 35 heavy (non-hydrogen) atoms. The number of nitrogen functional groups attached to an aromatic ring is 1. The summed E-state index contributed by atoms with van der Waals surface area (Å²) in [5, 5.41) is 0.772. The first-order valence-corrected chi connectivity index (χ1v) is 11.5. The molecule has 2 N–H and O–H groups in total. The van der Waals surface area contributed by atoms with E-state index in [2.05, 4.69) is 33.2 Å². The van der Waals surface area contributed by atoms with Crippen molar-refractivity contribution in [3.8, 4) is 0 Å². The molecule has 0 radical (unpaired) electrons. The standard InChI is InChI=1S/C27H26N6O2/c1-16(24-30-26(28)32-27(31-24)33(2)3)35-25(34)22-19-11-7-8-12-21(19)29-23-18(13-14-20(22)23)15-17-9-5-4-6-10-17/h4-12,15-16H,13-14H2,1-3H3,(H2,28,30,31,32). The van der Waals surface area contributed by atoms with E-state index in [1.54, 1.807) is 11.8 Å². The van der Waals surface area contributed by atoms with E-state index >= 15 is 0 Å². The number of carbonyl (C=O) groups excluding carboxylic acids is 1. The number of rotatable bonds is 5. The number of benzene rings is 2. The number of anilines is 2. The first kappa shape index (κ1) is 22.5. The molecule has 1 aliphatic rings. The minimum atomic E-state index is -0.713. The van der Waals surface area contributed by atoms with Gasteiger partial charge in [0.05, 0.1) is 16.8 Å². The molecule has 0 spiro atoms. The van der Waals surface area contributed by atoms with Crippen molar-refractivity contribution in [2.75, 3.05) is 24.7 Å². The minimum absolute atomic E-state index is 0.0764. The van der Waals surface area contributed by atoms with E-state index < -0.39 is 12.1 Å². The molecule has 0 aliphatic heterocycles. The number of aromatic nitrogens is 4. The maximum atomic E-state index is 13.6. The third kappa shape index (κ3) is 4.42. The predicted molar refractivity (Wildman–Crippen MR) is 137 cm³/mol. The molecule has 1 unspecified atom stereocenters. The summed E-state index contributed by atoms with van der Waals surface area (Å²) in [6.45, 7) is 1.73. The van der Waals surface area contributed by atoms with Crippen LogP contribution >= 0.6 is 0 Å². The first-order valence-electron chi connectivity index (χ1n) is 11.5. The molecule has 8 heteroatoms. The van der Waals surface area contributed by atoms with E-state index in [1.807, 2.05) is 56.6 Å². The van der Waals surface area contributed by atoms with Crippen LogP contribution in [0.1, 0.15) is 52.5 Å². The number of nitrogens with zero attached hydrogens (tertiary/aromatic N) is 5. The number of fused-ring (bicyclic) bond motifs is 2. The molecule has 1 atom stereocenters. The molecule has 176 valence electrons. The summed E-state index contributed by atoms with van der Waals surface area (Å²) in [6, 6.07) is 17.8. The van der Waals surface area contributed by atoms with Gasteiger partial charge in [0.1, 0.15) is 0 Å². The van der Waals surface area contributed by atoms with Gasteiger partial charge in [0.25, 0.3) is 0 Å². The van der Waals surface area contributed by atoms with Gasteiger partial charge in [-0.3, -0.25) is 0 Å². The molecule has 2 aromatic heterocycles. The maximum Gasteiger partial charge on any atom is 0.339 e. The van der Waals surface area contributed by atoms with Crippen LogP contribution < -0.4 is 10.6 Å². The minimum Gasteiger partial charge on any atom is -0.451 e. The zero-order valence-electron chi connectivity index (χ0n) is 19.9. The second-order valence-electron chi connectivity index (χ2n) is 8.71. The van der Waals surface area contributed by atoms with Gasteiger partial charge < -0.3 is 15.4 Å². The Morgan fingerprint density at radius 1 is 1.00 bits per heavy atom. The lowest BCUT2D eigenvalue weighted by atomic mass is 10.0. The molecule has 0 saturated heterocycles. The fourth-order valence-electron chi connectivity index (χ4n) is 4.31. The van der Waals surface area contributed by atoms with Crippen molar-refractivity contribution in [2.45, 2.75) is 25.9 Å². The average molecular weight is 467 g/mol. The van der Waals surface area contributed by atoms with Crippen LogP contribution in [0.15, 0.2) is 54.6 Å². The lowest BCUT2D eigenvalue weighted by Crippen LogP contribution is -2.19. The summed E-state index contributed by atoms with van der Waals surface area (Å²) in [5.41, 5.74) is 11.1. The third-order valence-corrected chi connectivity index (χ3v) is 5.99.